The van der Waals surface area contributed by atoms with Gasteiger partial charge in [0.25, 0.3) is 0 Å². The minimum atomic E-state index is -0.229. The van der Waals surface area contributed by atoms with Gasteiger partial charge < -0.3 is 9.64 Å². The van der Waals surface area contributed by atoms with Gasteiger partial charge in [-0.2, -0.15) is 0 Å². The number of hydrogen-bond donors (Lipinski definition) is 0. The monoisotopic (exact) mass is 365 g/mol. The van der Waals surface area contributed by atoms with E-state index in [2.05, 4.69) is 64.6 Å². The third-order valence-corrected chi connectivity index (χ3v) is 5.55. The van der Waals surface area contributed by atoms with Gasteiger partial charge in [-0.1, -0.05) is 30.3 Å². The van der Waals surface area contributed by atoms with Gasteiger partial charge in [0, 0.05) is 29.6 Å². The fourth-order valence-electron chi connectivity index (χ4n) is 4.68. The molecular weight excluding hydrogens is 334 g/mol. The van der Waals surface area contributed by atoms with Crippen molar-refractivity contribution in [1.29, 1.82) is 0 Å². The highest BCUT2D eigenvalue weighted by Crippen LogP contribution is 2.44. The highest BCUT2D eigenvalue weighted by Gasteiger charge is 2.47. The van der Waals surface area contributed by atoms with Crippen molar-refractivity contribution in [3.63, 3.8) is 0 Å². The van der Waals surface area contributed by atoms with E-state index in [1.54, 1.807) is 0 Å². The van der Waals surface area contributed by atoms with Crippen LogP contribution >= 0.6 is 0 Å². The number of piperidine rings is 1. The standard InChI is InChI=1S/C24H31NO2/c1-17-12-13-18(2)21(14-17)25-23(3,4)15-20(16-24(25,5)6)27-22(26)19-10-8-7-9-11-19/h7-14,20H,15-16H2,1-6H3. The molecule has 0 aromatic heterocycles. The van der Waals surface area contributed by atoms with Crippen LogP contribution in [0.4, 0.5) is 5.69 Å². The maximum atomic E-state index is 12.5. The maximum absolute atomic E-state index is 12.5. The van der Waals surface area contributed by atoms with Crippen LogP contribution in [-0.2, 0) is 4.74 Å². The number of carbonyl (C=O) groups is 1. The molecule has 0 spiro atoms. The molecule has 27 heavy (non-hydrogen) atoms. The van der Waals surface area contributed by atoms with E-state index in [0.29, 0.717) is 5.56 Å². The Hall–Kier alpha value is -2.29. The van der Waals surface area contributed by atoms with E-state index >= 15 is 0 Å². The molecule has 1 aliphatic heterocycles. The summed E-state index contributed by atoms with van der Waals surface area (Å²) in [5.74, 6) is -0.229. The quantitative estimate of drug-likeness (QED) is 0.655. The zero-order valence-corrected chi connectivity index (χ0v) is 17.4. The lowest BCUT2D eigenvalue weighted by atomic mass is 9.77. The van der Waals surface area contributed by atoms with Crippen molar-refractivity contribution in [2.45, 2.75) is 71.6 Å². The van der Waals surface area contributed by atoms with E-state index in [-0.39, 0.29) is 23.2 Å². The summed E-state index contributed by atoms with van der Waals surface area (Å²) in [6.45, 7) is 13.3. The molecule has 1 saturated heterocycles. The third kappa shape index (κ3) is 4.02. The average Bonchev–Trinajstić information content (AvgIpc) is 2.56. The Balaban J connectivity index is 1.86. The second kappa shape index (κ2) is 7.03. The first-order chi connectivity index (χ1) is 12.6. The van der Waals surface area contributed by atoms with Gasteiger partial charge in [0.05, 0.1) is 5.56 Å². The summed E-state index contributed by atoms with van der Waals surface area (Å²) in [7, 11) is 0. The van der Waals surface area contributed by atoms with Crippen molar-refractivity contribution in [2.75, 3.05) is 4.90 Å². The summed E-state index contributed by atoms with van der Waals surface area (Å²) in [5.41, 5.74) is 4.19. The third-order valence-electron chi connectivity index (χ3n) is 5.55. The first-order valence-corrected chi connectivity index (χ1v) is 9.74. The number of esters is 1. The Morgan fingerprint density at radius 3 is 2.15 bits per heavy atom. The Morgan fingerprint density at radius 1 is 0.963 bits per heavy atom. The normalized spacial score (nSPS) is 19.0. The molecule has 0 radical (unpaired) electrons. The lowest BCUT2D eigenvalue weighted by molar-refractivity contribution is 0.00348. The second-order valence-electron chi connectivity index (χ2n) is 9.05. The van der Waals surface area contributed by atoms with Crippen LogP contribution in [0, 0.1) is 13.8 Å². The molecule has 0 unspecified atom stereocenters. The molecule has 0 aliphatic carbocycles. The Bertz CT molecular complexity index is 806. The SMILES string of the molecule is Cc1ccc(C)c(N2C(C)(C)CC(OC(=O)c3ccccc3)CC2(C)C)c1. The predicted octanol–water partition coefficient (Wildman–Crippen LogP) is 5.69. The molecule has 0 amide bonds. The lowest BCUT2D eigenvalue weighted by Gasteiger charge is -2.56. The van der Waals surface area contributed by atoms with Gasteiger partial charge in [-0.3, -0.25) is 0 Å². The summed E-state index contributed by atoms with van der Waals surface area (Å²) >= 11 is 0. The number of rotatable bonds is 3. The number of benzene rings is 2. The van der Waals surface area contributed by atoms with Crippen molar-refractivity contribution in [3.05, 3.63) is 65.2 Å². The molecule has 1 aliphatic rings. The molecule has 1 fully saturated rings. The Labute approximate surface area is 163 Å². The van der Waals surface area contributed by atoms with Crippen molar-refractivity contribution >= 4 is 11.7 Å². The molecule has 0 atom stereocenters. The molecule has 3 rings (SSSR count). The van der Waals surface area contributed by atoms with Gasteiger partial charge in [-0.25, -0.2) is 4.79 Å². The molecule has 2 aromatic rings. The maximum Gasteiger partial charge on any atom is 0.338 e. The number of ether oxygens (including phenoxy) is 1. The smallest absolute Gasteiger partial charge is 0.338 e. The summed E-state index contributed by atoms with van der Waals surface area (Å²) in [4.78, 5) is 15.1. The minimum absolute atomic E-state index is 0.0935. The molecule has 2 aromatic carbocycles. The molecule has 0 N–H and O–H groups in total. The number of hydrogen-bond acceptors (Lipinski definition) is 3. The molecule has 144 valence electrons. The van der Waals surface area contributed by atoms with Gasteiger partial charge >= 0.3 is 5.97 Å². The summed E-state index contributed by atoms with van der Waals surface area (Å²) in [5, 5.41) is 0. The molecule has 0 bridgehead atoms. The van der Waals surface area contributed by atoms with Crippen LogP contribution in [0.1, 0.15) is 62.0 Å². The van der Waals surface area contributed by atoms with E-state index in [0.717, 1.165) is 12.8 Å². The van der Waals surface area contributed by atoms with Crippen LogP contribution in [0.2, 0.25) is 0 Å². The fraction of sp³-hybridized carbons (Fsp3) is 0.458. The topological polar surface area (TPSA) is 29.5 Å². The minimum Gasteiger partial charge on any atom is -0.459 e. The van der Waals surface area contributed by atoms with Gasteiger partial charge in [-0.15, -0.1) is 0 Å². The van der Waals surface area contributed by atoms with Crippen molar-refractivity contribution in [3.8, 4) is 0 Å². The van der Waals surface area contributed by atoms with Crippen LogP contribution in [-0.4, -0.2) is 23.2 Å². The van der Waals surface area contributed by atoms with Crippen LogP contribution < -0.4 is 4.90 Å². The van der Waals surface area contributed by atoms with Gasteiger partial charge in [0.15, 0.2) is 0 Å². The van der Waals surface area contributed by atoms with Crippen molar-refractivity contribution in [1.82, 2.24) is 0 Å². The average molecular weight is 366 g/mol. The van der Waals surface area contributed by atoms with Gasteiger partial charge in [0.2, 0.25) is 0 Å². The Kier molecular flexibility index (Phi) is 5.07. The fourth-order valence-corrected chi connectivity index (χ4v) is 4.68. The lowest BCUT2D eigenvalue weighted by Crippen LogP contribution is -2.63. The predicted molar refractivity (Wildman–Crippen MR) is 111 cm³/mol. The number of carbonyl (C=O) groups excluding carboxylic acids is 1. The van der Waals surface area contributed by atoms with Gasteiger partial charge in [0.1, 0.15) is 6.10 Å². The van der Waals surface area contributed by atoms with E-state index in [4.69, 9.17) is 4.74 Å². The van der Waals surface area contributed by atoms with Crippen molar-refractivity contribution in [2.24, 2.45) is 0 Å². The van der Waals surface area contributed by atoms with E-state index < -0.39 is 0 Å². The number of anilines is 1. The first kappa shape index (κ1) is 19.5. The van der Waals surface area contributed by atoms with Crippen LogP contribution in [0.3, 0.4) is 0 Å². The van der Waals surface area contributed by atoms with Crippen LogP contribution in [0.25, 0.3) is 0 Å². The Morgan fingerprint density at radius 2 is 1.56 bits per heavy atom. The molecule has 1 heterocycles. The summed E-state index contributed by atoms with van der Waals surface area (Å²) in [6, 6.07) is 15.9. The number of aryl methyl sites for hydroxylation is 2. The zero-order chi connectivity index (χ0) is 19.8. The molecule has 0 saturated carbocycles. The first-order valence-electron chi connectivity index (χ1n) is 9.74. The summed E-state index contributed by atoms with van der Waals surface area (Å²) in [6.07, 6.45) is 1.52. The van der Waals surface area contributed by atoms with E-state index in [9.17, 15) is 4.79 Å². The van der Waals surface area contributed by atoms with E-state index in [1.165, 1.54) is 16.8 Å². The molecular formula is C24H31NO2. The van der Waals surface area contributed by atoms with Crippen molar-refractivity contribution < 1.29 is 9.53 Å². The number of nitrogens with zero attached hydrogens (tertiary/aromatic N) is 1. The van der Waals surface area contributed by atoms with Crippen LogP contribution in [0.15, 0.2) is 48.5 Å². The second-order valence-corrected chi connectivity index (χ2v) is 9.05. The molecule has 3 heteroatoms. The highest BCUT2D eigenvalue weighted by atomic mass is 16.5. The summed E-state index contributed by atoms with van der Waals surface area (Å²) < 4.78 is 5.92. The van der Waals surface area contributed by atoms with Gasteiger partial charge in [-0.05, 0) is 70.9 Å². The largest absolute Gasteiger partial charge is 0.459 e. The van der Waals surface area contributed by atoms with Crippen LogP contribution in [0.5, 0.6) is 0 Å². The highest BCUT2D eigenvalue weighted by molar-refractivity contribution is 5.89. The zero-order valence-electron chi connectivity index (χ0n) is 17.4. The van der Waals surface area contributed by atoms with E-state index in [1.807, 2.05) is 30.3 Å². The molecule has 3 nitrogen and oxygen atoms in total.